The van der Waals surface area contributed by atoms with E-state index in [4.69, 9.17) is 0 Å². The third kappa shape index (κ3) is 3.84. The van der Waals surface area contributed by atoms with E-state index in [2.05, 4.69) is 23.5 Å². The fourth-order valence-electron chi connectivity index (χ4n) is 2.87. The molecule has 1 fully saturated rings. The van der Waals surface area contributed by atoms with Crippen molar-refractivity contribution in [1.82, 2.24) is 15.1 Å². The van der Waals surface area contributed by atoms with Gasteiger partial charge in [0.15, 0.2) is 0 Å². The molecule has 1 N–H and O–H groups in total. The van der Waals surface area contributed by atoms with E-state index in [1.807, 2.05) is 17.9 Å². The van der Waals surface area contributed by atoms with Gasteiger partial charge in [-0.2, -0.15) is 5.10 Å². The fraction of sp³-hybridized carbons (Fsp3) is 0.786. The molecule has 1 heterocycles. The van der Waals surface area contributed by atoms with Crippen LogP contribution in [0.1, 0.15) is 44.6 Å². The summed E-state index contributed by atoms with van der Waals surface area (Å²) in [5.41, 5.74) is 1.34. The molecule has 2 rings (SSSR count). The van der Waals surface area contributed by atoms with Crippen molar-refractivity contribution in [3.05, 3.63) is 18.0 Å². The standard InChI is InChI=1S/C14H25N3/c1-3-12-5-4-6-14(9-12)15-8-7-13-10-16-17(2)11-13/h10-12,14-15H,3-9H2,1-2H3. The van der Waals surface area contributed by atoms with Crippen LogP contribution in [0.3, 0.4) is 0 Å². The van der Waals surface area contributed by atoms with Gasteiger partial charge in [0.25, 0.3) is 0 Å². The summed E-state index contributed by atoms with van der Waals surface area (Å²) in [6.07, 6.45) is 12.1. The van der Waals surface area contributed by atoms with Crippen LogP contribution in [0.2, 0.25) is 0 Å². The second-order valence-corrected chi connectivity index (χ2v) is 5.36. The van der Waals surface area contributed by atoms with Crippen molar-refractivity contribution in [2.45, 2.75) is 51.5 Å². The first-order chi connectivity index (χ1) is 8.28. The fourth-order valence-corrected chi connectivity index (χ4v) is 2.87. The molecule has 0 bridgehead atoms. The molecular formula is C14H25N3. The molecule has 1 aliphatic carbocycles. The lowest BCUT2D eigenvalue weighted by Crippen LogP contribution is -2.35. The minimum Gasteiger partial charge on any atom is -0.314 e. The third-order valence-electron chi connectivity index (χ3n) is 3.97. The summed E-state index contributed by atoms with van der Waals surface area (Å²) in [5, 5.41) is 7.90. The Morgan fingerprint density at radius 2 is 2.35 bits per heavy atom. The van der Waals surface area contributed by atoms with E-state index in [9.17, 15) is 0 Å². The summed E-state index contributed by atoms with van der Waals surface area (Å²) >= 11 is 0. The maximum Gasteiger partial charge on any atom is 0.0522 e. The molecule has 17 heavy (non-hydrogen) atoms. The summed E-state index contributed by atoms with van der Waals surface area (Å²) in [6, 6.07) is 0.755. The van der Waals surface area contributed by atoms with Gasteiger partial charge < -0.3 is 5.32 Å². The molecule has 0 radical (unpaired) electrons. The molecule has 1 saturated carbocycles. The molecule has 0 spiro atoms. The minimum atomic E-state index is 0.755. The third-order valence-corrected chi connectivity index (χ3v) is 3.97. The van der Waals surface area contributed by atoms with E-state index < -0.39 is 0 Å². The molecule has 1 aromatic rings. The topological polar surface area (TPSA) is 29.9 Å². The van der Waals surface area contributed by atoms with Crippen LogP contribution < -0.4 is 5.32 Å². The Labute approximate surface area is 105 Å². The summed E-state index contributed by atoms with van der Waals surface area (Å²) < 4.78 is 1.88. The average Bonchev–Trinajstić information content (AvgIpc) is 2.75. The Hall–Kier alpha value is -0.830. The Balaban J connectivity index is 1.68. The quantitative estimate of drug-likeness (QED) is 0.850. The second-order valence-electron chi connectivity index (χ2n) is 5.36. The van der Waals surface area contributed by atoms with Crippen molar-refractivity contribution < 1.29 is 0 Å². The zero-order chi connectivity index (χ0) is 12.1. The highest BCUT2D eigenvalue weighted by molar-refractivity contribution is 5.03. The van der Waals surface area contributed by atoms with Crippen LogP contribution in [0.15, 0.2) is 12.4 Å². The number of nitrogens with one attached hydrogen (secondary N) is 1. The van der Waals surface area contributed by atoms with Gasteiger partial charge in [-0.3, -0.25) is 4.68 Å². The van der Waals surface area contributed by atoms with E-state index in [0.29, 0.717) is 0 Å². The van der Waals surface area contributed by atoms with Crippen LogP contribution in [0.25, 0.3) is 0 Å². The summed E-state index contributed by atoms with van der Waals surface area (Å²) in [4.78, 5) is 0. The Morgan fingerprint density at radius 3 is 3.06 bits per heavy atom. The van der Waals surface area contributed by atoms with E-state index >= 15 is 0 Å². The van der Waals surface area contributed by atoms with Gasteiger partial charge in [0.1, 0.15) is 0 Å². The molecule has 2 unspecified atom stereocenters. The molecule has 0 aliphatic heterocycles. The van der Waals surface area contributed by atoms with Crippen LogP contribution in [-0.2, 0) is 13.5 Å². The second kappa shape index (κ2) is 6.20. The monoisotopic (exact) mass is 235 g/mol. The maximum atomic E-state index is 4.20. The van der Waals surface area contributed by atoms with Crippen LogP contribution in [-0.4, -0.2) is 22.4 Å². The van der Waals surface area contributed by atoms with E-state index in [1.165, 1.54) is 37.7 Å². The normalized spacial score (nSPS) is 25.1. The summed E-state index contributed by atoms with van der Waals surface area (Å²) in [5.74, 6) is 0.958. The van der Waals surface area contributed by atoms with Crippen LogP contribution in [0.4, 0.5) is 0 Å². The van der Waals surface area contributed by atoms with Crippen molar-refractivity contribution >= 4 is 0 Å². The first kappa shape index (κ1) is 12.6. The van der Waals surface area contributed by atoms with Crippen molar-refractivity contribution in [1.29, 1.82) is 0 Å². The van der Waals surface area contributed by atoms with Gasteiger partial charge in [-0.15, -0.1) is 0 Å². The zero-order valence-electron chi connectivity index (χ0n) is 11.2. The molecule has 0 amide bonds. The van der Waals surface area contributed by atoms with E-state index in [1.54, 1.807) is 0 Å². The molecule has 3 nitrogen and oxygen atoms in total. The van der Waals surface area contributed by atoms with Gasteiger partial charge >= 0.3 is 0 Å². The maximum absolute atomic E-state index is 4.20. The van der Waals surface area contributed by atoms with E-state index in [-0.39, 0.29) is 0 Å². The largest absolute Gasteiger partial charge is 0.314 e. The smallest absolute Gasteiger partial charge is 0.0522 e. The molecule has 2 atom stereocenters. The lowest BCUT2D eigenvalue weighted by Gasteiger charge is -2.29. The van der Waals surface area contributed by atoms with Crippen LogP contribution in [0, 0.1) is 5.92 Å². The minimum absolute atomic E-state index is 0.755. The predicted molar refractivity (Wildman–Crippen MR) is 71.0 cm³/mol. The van der Waals surface area contributed by atoms with Crippen molar-refractivity contribution in [3.63, 3.8) is 0 Å². The first-order valence-electron chi connectivity index (χ1n) is 6.99. The van der Waals surface area contributed by atoms with E-state index in [0.717, 1.165) is 24.9 Å². The SMILES string of the molecule is CCC1CCCC(NCCc2cnn(C)c2)C1. The number of hydrogen-bond donors (Lipinski definition) is 1. The predicted octanol–water partition coefficient (Wildman–Crippen LogP) is 2.52. The van der Waals surface area contributed by atoms with Gasteiger partial charge in [0.2, 0.25) is 0 Å². The van der Waals surface area contributed by atoms with Crippen LogP contribution >= 0.6 is 0 Å². The lowest BCUT2D eigenvalue weighted by molar-refractivity contribution is 0.280. The Morgan fingerprint density at radius 1 is 1.47 bits per heavy atom. The summed E-state index contributed by atoms with van der Waals surface area (Å²) in [7, 11) is 1.98. The van der Waals surface area contributed by atoms with Gasteiger partial charge in [0.05, 0.1) is 6.20 Å². The van der Waals surface area contributed by atoms with Crippen molar-refractivity contribution in [2.75, 3.05) is 6.54 Å². The zero-order valence-corrected chi connectivity index (χ0v) is 11.2. The molecule has 96 valence electrons. The van der Waals surface area contributed by atoms with Crippen LogP contribution in [0.5, 0.6) is 0 Å². The summed E-state index contributed by atoms with van der Waals surface area (Å²) in [6.45, 7) is 3.41. The van der Waals surface area contributed by atoms with Gasteiger partial charge in [-0.1, -0.05) is 26.2 Å². The molecule has 1 aromatic heterocycles. The molecule has 1 aliphatic rings. The number of rotatable bonds is 5. The lowest BCUT2D eigenvalue weighted by atomic mass is 9.84. The highest BCUT2D eigenvalue weighted by atomic mass is 15.2. The van der Waals surface area contributed by atoms with Crippen molar-refractivity contribution in [2.24, 2.45) is 13.0 Å². The van der Waals surface area contributed by atoms with Gasteiger partial charge in [0, 0.05) is 19.3 Å². The Bertz CT molecular complexity index is 332. The average molecular weight is 235 g/mol. The molecule has 3 heteroatoms. The highest BCUT2D eigenvalue weighted by Gasteiger charge is 2.19. The van der Waals surface area contributed by atoms with Crippen molar-refractivity contribution in [3.8, 4) is 0 Å². The molecule has 0 aromatic carbocycles. The highest BCUT2D eigenvalue weighted by Crippen LogP contribution is 2.26. The number of aryl methyl sites for hydroxylation is 1. The number of nitrogens with zero attached hydrogens (tertiary/aromatic N) is 2. The Kier molecular flexibility index (Phi) is 4.60. The molecule has 0 saturated heterocycles. The molecular weight excluding hydrogens is 210 g/mol. The van der Waals surface area contributed by atoms with Gasteiger partial charge in [-0.05, 0) is 37.3 Å². The number of aromatic nitrogens is 2. The first-order valence-corrected chi connectivity index (χ1v) is 6.99. The van der Waals surface area contributed by atoms with Gasteiger partial charge in [-0.25, -0.2) is 0 Å². The number of hydrogen-bond acceptors (Lipinski definition) is 2.